The van der Waals surface area contributed by atoms with Crippen LogP contribution in [0.4, 0.5) is 8.78 Å². The van der Waals surface area contributed by atoms with E-state index in [9.17, 15) is 13.6 Å². The Kier molecular flexibility index (Phi) is 4.56. The summed E-state index contributed by atoms with van der Waals surface area (Å²) in [6.07, 6.45) is 0.201. The van der Waals surface area contributed by atoms with Gasteiger partial charge in [0.05, 0.1) is 6.54 Å². The minimum Gasteiger partial charge on any atom is -0.359 e. The first-order valence-corrected chi connectivity index (χ1v) is 3.88. The van der Waals surface area contributed by atoms with E-state index in [4.69, 9.17) is 0 Å². The average molecular weight is 215 g/mol. The van der Waals surface area contributed by atoms with E-state index in [0.29, 0.717) is 6.54 Å². The number of hydrogen-bond donors (Lipinski definition) is 2. The van der Waals surface area contributed by atoms with E-state index in [1.807, 2.05) is 0 Å². The van der Waals surface area contributed by atoms with Crippen LogP contribution < -0.4 is 10.6 Å². The lowest BCUT2D eigenvalue weighted by Gasteiger charge is -2.30. The molecule has 1 aliphatic rings. The molecule has 13 heavy (non-hydrogen) atoms. The summed E-state index contributed by atoms with van der Waals surface area (Å²) in [5.41, 5.74) is 0. The van der Waals surface area contributed by atoms with Crippen molar-refractivity contribution in [3.63, 3.8) is 0 Å². The molecule has 1 fully saturated rings. The summed E-state index contributed by atoms with van der Waals surface area (Å²) < 4.78 is 26.0. The predicted octanol–water partition coefficient (Wildman–Crippen LogP) is 0.399. The van der Waals surface area contributed by atoms with E-state index in [0.717, 1.165) is 0 Å². The van der Waals surface area contributed by atoms with Gasteiger partial charge in [-0.25, -0.2) is 8.78 Å². The Hall–Kier alpha value is -0.420. The van der Waals surface area contributed by atoms with E-state index in [1.165, 1.54) is 7.05 Å². The number of alkyl halides is 2. The molecule has 3 nitrogen and oxygen atoms in total. The first-order chi connectivity index (χ1) is 5.58. The quantitative estimate of drug-likeness (QED) is 0.664. The van der Waals surface area contributed by atoms with Crippen LogP contribution in [0.25, 0.3) is 0 Å². The molecule has 0 aromatic heterocycles. The molecule has 0 bridgehead atoms. The van der Waals surface area contributed by atoms with Crippen LogP contribution >= 0.6 is 12.4 Å². The summed E-state index contributed by atoms with van der Waals surface area (Å²) in [4.78, 5) is 11.0. The van der Waals surface area contributed by atoms with Crippen LogP contribution in [0.3, 0.4) is 0 Å². The van der Waals surface area contributed by atoms with E-state index in [-0.39, 0.29) is 18.8 Å². The number of nitrogens with one attached hydrogen (secondary N) is 2. The third-order valence-corrected chi connectivity index (χ3v) is 2.04. The lowest BCUT2D eigenvalue weighted by Crippen LogP contribution is -2.51. The highest BCUT2D eigenvalue weighted by Crippen LogP contribution is 2.29. The van der Waals surface area contributed by atoms with Gasteiger partial charge in [-0.05, 0) is 13.0 Å². The molecule has 0 saturated carbocycles. The Morgan fingerprint density at radius 1 is 1.62 bits per heavy atom. The third kappa shape index (κ3) is 2.77. The highest BCUT2D eigenvalue weighted by molar-refractivity contribution is 5.85. The number of piperidine rings is 1. The maximum atomic E-state index is 13.0. The SMILES string of the molecule is CNC(=O)C1CCNCC1(F)F.Cl. The molecule has 1 saturated heterocycles. The summed E-state index contributed by atoms with van der Waals surface area (Å²) in [6, 6.07) is 0. The fraction of sp³-hybridized carbons (Fsp3) is 0.857. The monoisotopic (exact) mass is 214 g/mol. The normalized spacial score (nSPS) is 25.9. The topological polar surface area (TPSA) is 41.1 Å². The van der Waals surface area contributed by atoms with Crippen molar-refractivity contribution in [1.29, 1.82) is 0 Å². The molecule has 0 aliphatic carbocycles. The van der Waals surface area contributed by atoms with Crippen molar-refractivity contribution in [2.75, 3.05) is 20.1 Å². The van der Waals surface area contributed by atoms with Gasteiger partial charge in [-0.3, -0.25) is 4.79 Å². The maximum absolute atomic E-state index is 13.0. The van der Waals surface area contributed by atoms with E-state index >= 15 is 0 Å². The molecule has 0 spiro atoms. The van der Waals surface area contributed by atoms with Crippen LogP contribution in [-0.2, 0) is 4.79 Å². The van der Waals surface area contributed by atoms with Crippen molar-refractivity contribution in [3.8, 4) is 0 Å². The molecule has 78 valence electrons. The van der Waals surface area contributed by atoms with Crippen molar-refractivity contribution >= 4 is 18.3 Å². The van der Waals surface area contributed by atoms with Gasteiger partial charge in [0.15, 0.2) is 0 Å². The minimum atomic E-state index is -2.90. The number of halogens is 3. The minimum absolute atomic E-state index is 0. The fourth-order valence-electron chi connectivity index (χ4n) is 1.33. The summed E-state index contributed by atoms with van der Waals surface area (Å²) >= 11 is 0. The number of amides is 1. The van der Waals surface area contributed by atoms with Crippen molar-refractivity contribution in [2.45, 2.75) is 12.3 Å². The lowest BCUT2D eigenvalue weighted by molar-refractivity contribution is -0.142. The summed E-state index contributed by atoms with van der Waals surface area (Å²) in [7, 11) is 1.38. The zero-order valence-electron chi connectivity index (χ0n) is 7.27. The van der Waals surface area contributed by atoms with Crippen LogP contribution in [0, 0.1) is 5.92 Å². The second-order valence-corrected chi connectivity index (χ2v) is 2.89. The van der Waals surface area contributed by atoms with E-state index in [2.05, 4.69) is 10.6 Å². The molecule has 1 unspecified atom stereocenters. The molecule has 6 heteroatoms. The maximum Gasteiger partial charge on any atom is 0.271 e. The number of carbonyl (C=O) groups is 1. The molecule has 0 aromatic carbocycles. The first-order valence-electron chi connectivity index (χ1n) is 3.88. The number of carbonyl (C=O) groups excluding carboxylic acids is 1. The molecular formula is C7H13ClF2N2O. The van der Waals surface area contributed by atoms with Crippen molar-refractivity contribution < 1.29 is 13.6 Å². The molecule has 1 atom stereocenters. The van der Waals surface area contributed by atoms with Crippen molar-refractivity contribution in [3.05, 3.63) is 0 Å². The van der Waals surface area contributed by atoms with Crippen LogP contribution in [0.5, 0.6) is 0 Å². The Balaban J connectivity index is 0.00000144. The van der Waals surface area contributed by atoms with Gasteiger partial charge in [0.1, 0.15) is 5.92 Å². The fourth-order valence-corrected chi connectivity index (χ4v) is 1.33. The highest BCUT2D eigenvalue weighted by Gasteiger charge is 2.45. The third-order valence-electron chi connectivity index (χ3n) is 2.04. The van der Waals surface area contributed by atoms with Gasteiger partial charge in [-0.2, -0.15) is 0 Å². The van der Waals surface area contributed by atoms with Crippen LogP contribution in [-0.4, -0.2) is 32.0 Å². The zero-order chi connectivity index (χ0) is 9.19. The molecule has 1 aliphatic heterocycles. The number of rotatable bonds is 1. The molecule has 1 amide bonds. The van der Waals surface area contributed by atoms with Gasteiger partial charge in [0, 0.05) is 7.05 Å². The van der Waals surface area contributed by atoms with Gasteiger partial charge >= 0.3 is 0 Å². The smallest absolute Gasteiger partial charge is 0.271 e. The molecule has 0 radical (unpaired) electrons. The Morgan fingerprint density at radius 2 is 2.23 bits per heavy atom. The molecule has 1 heterocycles. The van der Waals surface area contributed by atoms with Gasteiger partial charge in [0.25, 0.3) is 5.92 Å². The lowest BCUT2D eigenvalue weighted by atomic mass is 9.93. The van der Waals surface area contributed by atoms with Gasteiger partial charge in [0.2, 0.25) is 5.91 Å². The van der Waals surface area contributed by atoms with Crippen LogP contribution in [0.15, 0.2) is 0 Å². The van der Waals surface area contributed by atoms with E-state index < -0.39 is 24.3 Å². The Bertz CT molecular complexity index is 189. The molecular weight excluding hydrogens is 202 g/mol. The van der Waals surface area contributed by atoms with Gasteiger partial charge in [-0.1, -0.05) is 0 Å². The van der Waals surface area contributed by atoms with Gasteiger partial charge in [-0.15, -0.1) is 12.4 Å². The van der Waals surface area contributed by atoms with Gasteiger partial charge < -0.3 is 10.6 Å². The van der Waals surface area contributed by atoms with Crippen molar-refractivity contribution in [2.24, 2.45) is 5.92 Å². The summed E-state index contributed by atoms with van der Waals surface area (Å²) in [6.45, 7) is 0.0821. The largest absolute Gasteiger partial charge is 0.359 e. The molecule has 2 N–H and O–H groups in total. The highest BCUT2D eigenvalue weighted by atomic mass is 35.5. The van der Waals surface area contributed by atoms with Crippen LogP contribution in [0.2, 0.25) is 0 Å². The van der Waals surface area contributed by atoms with Crippen LogP contribution in [0.1, 0.15) is 6.42 Å². The standard InChI is InChI=1S/C7H12F2N2O.ClH/c1-10-6(12)5-2-3-11-4-7(5,8)9;/h5,11H,2-4H2,1H3,(H,10,12);1H. The second kappa shape index (κ2) is 4.72. The second-order valence-electron chi connectivity index (χ2n) is 2.89. The predicted molar refractivity (Wildman–Crippen MR) is 47.2 cm³/mol. The zero-order valence-corrected chi connectivity index (χ0v) is 8.09. The summed E-state index contributed by atoms with van der Waals surface area (Å²) in [5, 5.41) is 4.80. The number of hydrogen-bond acceptors (Lipinski definition) is 2. The Morgan fingerprint density at radius 3 is 2.69 bits per heavy atom. The average Bonchev–Trinajstić information content (AvgIpc) is 2.02. The van der Waals surface area contributed by atoms with Crippen molar-refractivity contribution in [1.82, 2.24) is 10.6 Å². The Labute approximate surface area is 81.7 Å². The molecule has 1 rings (SSSR count). The first kappa shape index (κ1) is 12.6. The summed E-state index contributed by atoms with van der Waals surface area (Å²) in [5.74, 6) is -4.64. The molecule has 0 aromatic rings. The van der Waals surface area contributed by atoms with E-state index in [1.54, 1.807) is 0 Å².